The number of ether oxygens (including phenoxy) is 2. The van der Waals surface area contributed by atoms with Gasteiger partial charge in [-0.25, -0.2) is 4.79 Å². The third-order valence-corrected chi connectivity index (χ3v) is 2.89. The van der Waals surface area contributed by atoms with Gasteiger partial charge in [0, 0.05) is 12.8 Å². The van der Waals surface area contributed by atoms with Crippen LogP contribution in [0.1, 0.15) is 26.7 Å². The van der Waals surface area contributed by atoms with Crippen molar-refractivity contribution in [2.75, 3.05) is 13.2 Å². The highest BCUT2D eigenvalue weighted by atomic mass is 16.6. The van der Waals surface area contributed by atoms with Crippen LogP contribution in [0.3, 0.4) is 0 Å². The number of rotatable bonds is 5. The first kappa shape index (κ1) is 14.7. The van der Waals surface area contributed by atoms with Crippen LogP contribution in [-0.4, -0.2) is 37.2 Å². The van der Waals surface area contributed by atoms with E-state index in [-0.39, 0.29) is 17.8 Å². The number of amides is 1. The van der Waals surface area contributed by atoms with Gasteiger partial charge >= 0.3 is 6.09 Å². The molecule has 0 bridgehead atoms. The summed E-state index contributed by atoms with van der Waals surface area (Å²) in [6, 6.07) is -0.574. The Bertz CT molecular complexity index is 308. The molecule has 18 heavy (non-hydrogen) atoms. The Morgan fingerprint density at radius 2 is 2.00 bits per heavy atom. The molecule has 0 aliphatic carbocycles. The van der Waals surface area contributed by atoms with Crippen LogP contribution in [0.2, 0.25) is 0 Å². The standard InChI is InChI=1S/C13H21NO4/c1-4-11(15)12(9(2)3)14-13(16)18-10-5-7-17-8-6-10/h4,9-10,12H,1,5-8H2,2-3H3,(H,14,16)/t12-/m1/s1. The first-order valence-corrected chi connectivity index (χ1v) is 6.25. The maximum atomic E-state index is 11.7. The van der Waals surface area contributed by atoms with Crippen molar-refractivity contribution in [3.05, 3.63) is 12.7 Å². The highest BCUT2D eigenvalue weighted by Crippen LogP contribution is 2.11. The maximum absolute atomic E-state index is 11.7. The second kappa shape index (κ2) is 7.16. The Morgan fingerprint density at radius 1 is 1.39 bits per heavy atom. The molecule has 0 saturated carbocycles. The van der Waals surface area contributed by atoms with E-state index >= 15 is 0 Å². The van der Waals surface area contributed by atoms with Crippen molar-refractivity contribution in [3.8, 4) is 0 Å². The molecule has 1 N–H and O–H groups in total. The van der Waals surface area contributed by atoms with E-state index in [1.165, 1.54) is 6.08 Å². The summed E-state index contributed by atoms with van der Waals surface area (Å²) in [6.45, 7) is 8.37. The second-order valence-corrected chi connectivity index (χ2v) is 4.69. The number of hydrogen-bond donors (Lipinski definition) is 1. The van der Waals surface area contributed by atoms with Gasteiger partial charge in [-0.05, 0) is 12.0 Å². The lowest BCUT2D eigenvalue weighted by Gasteiger charge is -2.24. The van der Waals surface area contributed by atoms with Crippen molar-refractivity contribution in [1.29, 1.82) is 0 Å². The molecule has 0 aromatic carbocycles. The Morgan fingerprint density at radius 3 is 2.50 bits per heavy atom. The van der Waals surface area contributed by atoms with Crippen molar-refractivity contribution in [2.24, 2.45) is 5.92 Å². The largest absolute Gasteiger partial charge is 0.446 e. The molecule has 1 fully saturated rings. The molecule has 1 rings (SSSR count). The van der Waals surface area contributed by atoms with E-state index in [0.29, 0.717) is 26.1 Å². The fourth-order valence-corrected chi connectivity index (χ4v) is 1.80. The normalized spacial score (nSPS) is 18.2. The zero-order valence-corrected chi connectivity index (χ0v) is 11.0. The Balaban J connectivity index is 2.45. The van der Waals surface area contributed by atoms with Gasteiger partial charge in [0.1, 0.15) is 6.10 Å². The van der Waals surface area contributed by atoms with Crippen LogP contribution in [0.5, 0.6) is 0 Å². The molecule has 0 aromatic rings. The lowest BCUT2D eigenvalue weighted by molar-refractivity contribution is -0.117. The first-order valence-electron chi connectivity index (χ1n) is 6.25. The average Bonchev–Trinajstić information content (AvgIpc) is 2.36. The van der Waals surface area contributed by atoms with Crippen LogP contribution < -0.4 is 5.32 Å². The number of ketones is 1. The topological polar surface area (TPSA) is 64.6 Å². The minimum atomic E-state index is -0.574. The summed E-state index contributed by atoms with van der Waals surface area (Å²) < 4.78 is 10.4. The van der Waals surface area contributed by atoms with Gasteiger partial charge in [0.05, 0.1) is 19.3 Å². The molecule has 5 heteroatoms. The lowest BCUT2D eigenvalue weighted by atomic mass is 10.0. The van der Waals surface area contributed by atoms with Gasteiger partial charge in [-0.1, -0.05) is 20.4 Å². The quantitative estimate of drug-likeness (QED) is 0.759. The summed E-state index contributed by atoms with van der Waals surface area (Å²) in [5.41, 5.74) is 0. The van der Waals surface area contributed by atoms with E-state index in [2.05, 4.69) is 11.9 Å². The Labute approximate surface area is 108 Å². The molecule has 1 aliphatic rings. The van der Waals surface area contributed by atoms with E-state index in [1.54, 1.807) is 0 Å². The van der Waals surface area contributed by atoms with Crippen molar-refractivity contribution in [3.63, 3.8) is 0 Å². The second-order valence-electron chi connectivity index (χ2n) is 4.69. The zero-order chi connectivity index (χ0) is 13.5. The van der Waals surface area contributed by atoms with E-state index in [1.807, 2.05) is 13.8 Å². The number of hydrogen-bond acceptors (Lipinski definition) is 4. The zero-order valence-electron chi connectivity index (χ0n) is 11.0. The van der Waals surface area contributed by atoms with Gasteiger partial charge < -0.3 is 14.8 Å². The van der Waals surface area contributed by atoms with Gasteiger partial charge in [0.2, 0.25) is 0 Å². The van der Waals surface area contributed by atoms with Crippen LogP contribution in [-0.2, 0) is 14.3 Å². The molecule has 5 nitrogen and oxygen atoms in total. The van der Waals surface area contributed by atoms with Crippen LogP contribution >= 0.6 is 0 Å². The van der Waals surface area contributed by atoms with Crippen LogP contribution in [0.25, 0.3) is 0 Å². The van der Waals surface area contributed by atoms with Crippen LogP contribution in [0.15, 0.2) is 12.7 Å². The maximum Gasteiger partial charge on any atom is 0.408 e. The van der Waals surface area contributed by atoms with Crippen LogP contribution in [0, 0.1) is 5.92 Å². The molecular weight excluding hydrogens is 234 g/mol. The highest BCUT2D eigenvalue weighted by Gasteiger charge is 2.24. The fourth-order valence-electron chi connectivity index (χ4n) is 1.80. The molecule has 1 amide bonds. The Hall–Kier alpha value is -1.36. The summed E-state index contributed by atoms with van der Waals surface area (Å²) in [5.74, 6) is -0.202. The van der Waals surface area contributed by atoms with Gasteiger partial charge in [0.15, 0.2) is 5.78 Å². The fraction of sp³-hybridized carbons (Fsp3) is 0.692. The minimum Gasteiger partial charge on any atom is -0.446 e. The number of alkyl carbamates (subject to hydrolysis) is 1. The van der Waals surface area contributed by atoms with E-state index in [9.17, 15) is 9.59 Å². The summed E-state index contributed by atoms with van der Waals surface area (Å²) in [5, 5.41) is 2.59. The molecule has 0 spiro atoms. The van der Waals surface area contributed by atoms with Crippen molar-refractivity contribution < 1.29 is 19.1 Å². The predicted octanol–water partition coefficient (Wildman–Crippen LogP) is 1.67. The average molecular weight is 255 g/mol. The van der Waals surface area contributed by atoms with E-state index < -0.39 is 12.1 Å². The summed E-state index contributed by atoms with van der Waals surface area (Å²) in [6.07, 6.45) is 1.96. The first-order chi connectivity index (χ1) is 8.54. The molecule has 0 aromatic heterocycles. The molecular formula is C13H21NO4. The van der Waals surface area contributed by atoms with Crippen molar-refractivity contribution >= 4 is 11.9 Å². The van der Waals surface area contributed by atoms with E-state index in [0.717, 1.165) is 0 Å². The van der Waals surface area contributed by atoms with Crippen LogP contribution in [0.4, 0.5) is 4.79 Å². The van der Waals surface area contributed by atoms with Gasteiger partial charge in [0.25, 0.3) is 0 Å². The lowest BCUT2D eigenvalue weighted by Crippen LogP contribution is -2.45. The summed E-state index contributed by atoms with van der Waals surface area (Å²) in [7, 11) is 0. The predicted molar refractivity (Wildman–Crippen MR) is 67.3 cm³/mol. The van der Waals surface area contributed by atoms with E-state index in [4.69, 9.17) is 9.47 Å². The molecule has 1 aliphatic heterocycles. The highest BCUT2D eigenvalue weighted by molar-refractivity contribution is 5.95. The molecule has 0 unspecified atom stereocenters. The summed E-state index contributed by atoms with van der Waals surface area (Å²) >= 11 is 0. The van der Waals surface area contributed by atoms with Crippen molar-refractivity contribution in [2.45, 2.75) is 38.8 Å². The van der Waals surface area contributed by atoms with Gasteiger partial charge in [-0.3, -0.25) is 4.79 Å². The molecule has 102 valence electrons. The molecule has 1 heterocycles. The van der Waals surface area contributed by atoms with Gasteiger partial charge in [-0.2, -0.15) is 0 Å². The third-order valence-electron chi connectivity index (χ3n) is 2.89. The SMILES string of the molecule is C=CC(=O)[C@H](NC(=O)OC1CCOCC1)C(C)C. The smallest absolute Gasteiger partial charge is 0.408 e. The summed E-state index contributed by atoms with van der Waals surface area (Å²) in [4.78, 5) is 23.3. The number of carbonyl (C=O) groups is 2. The number of carbonyl (C=O) groups excluding carboxylic acids is 2. The molecule has 1 atom stereocenters. The monoisotopic (exact) mass is 255 g/mol. The minimum absolute atomic E-state index is 0.00209. The van der Waals surface area contributed by atoms with Gasteiger partial charge in [-0.15, -0.1) is 0 Å². The third kappa shape index (κ3) is 4.49. The number of nitrogens with one attached hydrogen (secondary N) is 1. The Kier molecular flexibility index (Phi) is 5.85. The van der Waals surface area contributed by atoms with Crippen molar-refractivity contribution in [1.82, 2.24) is 5.32 Å². The molecule has 0 radical (unpaired) electrons. The molecule has 1 saturated heterocycles.